The van der Waals surface area contributed by atoms with E-state index in [0.29, 0.717) is 19.0 Å². The van der Waals surface area contributed by atoms with Crippen LogP contribution in [0, 0.1) is 0 Å². The molecule has 4 heterocycles. The average Bonchev–Trinajstić information content (AvgIpc) is 3.40. The second kappa shape index (κ2) is 7.57. The highest BCUT2D eigenvalue weighted by atomic mass is 32.1. The van der Waals surface area contributed by atoms with E-state index in [0.717, 1.165) is 38.5 Å². The van der Waals surface area contributed by atoms with Crippen LogP contribution in [-0.2, 0) is 17.9 Å². The van der Waals surface area contributed by atoms with Gasteiger partial charge in [0.1, 0.15) is 17.3 Å². The number of nitrogens with zero attached hydrogens (tertiary/aromatic N) is 5. The van der Waals surface area contributed by atoms with E-state index in [2.05, 4.69) is 37.9 Å². The molecule has 0 fully saturated rings. The molecule has 7 nitrogen and oxygen atoms in total. The van der Waals surface area contributed by atoms with Crippen LogP contribution >= 0.6 is 11.3 Å². The monoisotopic (exact) mass is 402 g/mol. The highest BCUT2D eigenvalue weighted by Gasteiger charge is 2.16. The summed E-state index contributed by atoms with van der Waals surface area (Å²) in [6.45, 7) is 0.922. The van der Waals surface area contributed by atoms with Crippen LogP contribution in [0.15, 0.2) is 60.2 Å². The Morgan fingerprint density at radius 1 is 1.07 bits per heavy atom. The number of hydrogen-bond donors (Lipinski definition) is 1. The minimum Gasteiger partial charge on any atom is -0.377 e. The van der Waals surface area contributed by atoms with Gasteiger partial charge in [-0.25, -0.2) is 19.5 Å². The average molecular weight is 402 g/mol. The lowest BCUT2D eigenvalue weighted by Crippen LogP contribution is -2.09. The number of benzene rings is 1. The van der Waals surface area contributed by atoms with Gasteiger partial charge >= 0.3 is 0 Å². The second-order valence-electron chi connectivity index (χ2n) is 6.51. The molecule has 4 aromatic heterocycles. The quantitative estimate of drug-likeness (QED) is 0.460. The van der Waals surface area contributed by atoms with Crippen LogP contribution in [0.5, 0.6) is 0 Å². The molecule has 0 spiro atoms. The van der Waals surface area contributed by atoms with Crippen molar-refractivity contribution in [2.45, 2.75) is 13.2 Å². The predicted octanol–water partition coefficient (Wildman–Crippen LogP) is 4.16. The first kappa shape index (κ1) is 17.7. The molecule has 0 unspecified atom stereocenters. The molecule has 0 aliphatic heterocycles. The lowest BCUT2D eigenvalue weighted by Gasteiger charge is -2.11. The molecule has 8 heteroatoms. The summed E-state index contributed by atoms with van der Waals surface area (Å²) in [4.78, 5) is 14.7. The third-order valence-electron chi connectivity index (χ3n) is 4.64. The summed E-state index contributed by atoms with van der Waals surface area (Å²) in [6, 6.07) is 14.1. The zero-order valence-corrected chi connectivity index (χ0v) is 16.6. The van der Waals surface area contributed by atoms with Gasteiger partial charge < -0.3 is 10.1 Å². The lowest BCUT2D eigenvalue weighted by molar-refractivity contribution is 0.178. The standard InChI is InChI=1S/C21H18N6OS/c1-28-12-17-25-20(23-11-15-7-9-22-18-8-10-24-27(15)18)19-16(13-29-21(19)26-17)14-5-3-2-4-6-14/h2-10,13H,11-12H2,1H3,(H,23,25,26). The fraction of sp³-hybridized carbons (Fsp3) is 0.143. The molecule has 5 rings (SSSR count). The predicted molar refractivity (Wildman–Crippen MR) is 114 cm³/mol. The van der Waals surface area contributed by atoms with Crippen LogP contribution in [0.25, 0.3) is 27.0 Å². The number of aromatic nitrogens is 5. The van der Waals surface area contributed by atoms with E-state index in [4.69, 9.17) is 9.72 Å². The summed E-state index contributed by atoms with van der Waals surface area (Å²) < 4.78 is 7.09. The van der Waals surface area contributed by atoms with E-state index in [1.54, 1.807) is 30.8 Å². The number of fused-ring (bicyclic) bond motifs is 2. The van der Waals surface area contributed by atoms with Crippen molar-refractivity contribution in [1.29, 1.82) is 0 Å². The summed E-state index contributed by atoms with van der Waals surface area (Å²) in [5, 5.41) is 11.0. The molecule has 0 aliphatic carbocycles. The normalized spacial score (nSPS) is 11.3. The molecule has 5 aromatic rings. The first-order valence-corrected chi connectivity index (χ1v) is 10.1. The molecule has 0 aliphatic rings. The minimum atomic E-state index is 0.363. The Kier molecular flexibility index (Phi) is 4.63. The first-order valence-electron chi connectivity index (χ1n) is 9.17. The summed E-state index contributed by atoms with van der Waals surface area (Å²) in [5.41, 5.74) is 4.08. The van der Waals surface area contributed by atoms with Crippen molar-refractivity contribution in [3.05, 3.63) is 71.8 Å². The van der Waals surface area contributed by atoms with Gasteiger partial charge in [-0.1, -0.05) is 30.3 Å². The van der Waals surface area contributed by atoms with Gasteiger partial charge in [0.05, 0.1) is 23.8 Å². The number of ether oxygens (including phenoxy) is 1. The van der Waals surface area contributed by atoms with Crippen LogP contribution < -0.4 is 5.32 Å². The zero-order valence-electron chi connectivity index (χ0n) is 15.7. The second-order valence-corrected chi connectivity index (χ2v) is 7.37. The fourth-order valence-electron chi connectivity index (χ4n) is 3.33. The number of anilines is 1. The Morgan fingerprint density at radius 2 is 1.97 bits per heavy atom. The topological polar surface area (TPSA) is 77.2 Å². The third kappa shape index (κ3) is 3.32. The zero-order chi connectivity index (χ0) is 19.6. The molecular weight excluding hydrogens is 384 g/mol. The van der Waals surface area contributed by atoms with E-state index in [9.17, 15) is 0 Å². The van der Waals surface area contributed by atoms with Gasteiger partial charge in [0.25, 0.3) is 0 Å². The molecule has 0 radical (unpaired) electrons. The fourth-order valence-corrected chi connectivity index (χ4v) is 4.30. The minimum absolute atomic E-state index is 0.363. The molecule has 0 atom stereocenters. The Hall–Kier alpha value is -3.36. The SMILES string of the molecule is COCc1nc(NCc2ccnc3ccnn23)c2c(-c3ccccc3)csc2n1. The number of thiophene rings is 1. The van der Waals surface area contributed by atoms with Gasteiger partial charge in [-0.2, -0.15) is 5.10 Å². The summed E-state index contributed by atoms with van der Waals surface area (Å²) in [5.74, 6) is 1.45. The van der Waals surface area contributed by atoms with Crippen molar-refractivity contribution in [2.75, 3.05) is 12.4 Å². The number of hydrogen-bond acceptors (Lipinski definition) is 7. The molecule has 0 amide bonds. The largest absolute Gasteiger partial charge is 0.377 e. The molecule has 0 bridgehead atoms. The van der Waals surface area contributed by atoms with Gasteiger partial charge in [-0.15, -0.1) is 11.3 Å². The van der Waals surface area contributed by atoms with Crippen LogP contribution in [0.1, 0.15) is 11.5 Å². The first-order chi connectivity index (χ1) is 14.3. The molecule has 0 saturated heterocycles. The molecule has 0 saturated carbocycles. The van der Waals surface area contributed by atoms with Crippen LogP contribution in [0.3, 0.4) is 0 Å². The van der Waals surface area contributed by atoms with Crippen LogP contribution in [0.2, 0.25) is 0 Å². The Labute approximate surface area is 171 Å². The van der Waals surface area contributed by atoms with Gasteiger partial charge in [0.2, 0.25) is 0 Å². The van der Waals surface area contributed by atoms with E-state index < -0.39 is 0 Å². The maximum atomic E-state index is 5.26. The molecule has 1 N–H and O–H groups in total. The number of nitrogens with one attached hydrogen (secondary N) is 1. The van der Waals surface area contributed by atoms with Crippen molar-refractivity contribution in [2.24, 2.45) is 0 Å². The van der Waals surface area contributed by atoms with Gasteiger partial charge in [0.15, 0.2) is 11.5 Å². The van der Waals surface area contributed by atoms with Crippen LogP contribution in [0.4, 0.5) is 5.82 Å². The maximum Gasteiger partial charge on any atom is 0.158 e. The van der Waals surface area contributed by atoms with Crippen molar-refractivity contribution in [1.82, 2.24) is 24.6 Å². The highest BCUT2D eigenvalue weighted by molar-refractivity contribution is 7.17. The summed E-state index contributed by atoms with van der Waals surface area (Å²) in [7, 11) is 1.65. The molecular formula is C21H18N6OS. The Bertz CT molecular complexity index is 1280. The molecule has 1 aromatic carbocycles. The Balaban J connectivity index is 1.59. The van der Waals surface area contributed by atoms with Crippen LogP contribution in [-0.4, -0.2) is 31.7 Å². The van der Waals surface area contributed by atoms with E-state index in [1.165, 1.54) is 0 Å². The third-order valence-corrected chi connectivity index (χ3v) is 5.52. The highest BCUT2D eigenvalue weighted by Crippen LogP contribution is 2.37. The van der Waals surface area contributed by atoms with Gasteiger partial charge in [-0.05, 0) is 11.6 Å². The lowest BCUT2D eigenvalue weighted by atomic mass is 10.1. The maximum absolute atomic E-state index is 5.26. The number of rotatable bonds is 6. The number of methoxy groups -OCH3 is 1. The summed E-state index contributed by atoms with van der Waals surface area (Å²) >= 11 is 1.61. The van der Waals surface area contributed by atoms with Crippen molar-refractivity contribution in [3.63, 3.8) is 0 Å². The van der Waals surface area contributed by atoms with E-state index in [-0.39, 0.29) is 0 Å². The molecule has 29 heavy (non-hydrogen) atoms. The van der Waals surface area contributed by atoms with Gasteiger partial charge in [0, 0.05) is 30.3 Å². The Morgan fingerprint density at radius 3 is 2.83 bits per heavy atom. The summed E-state index contributed by atoms with van der Waals surface area (Å²) in [6.07, 6.45) is 3.54. The van der Waals surface area contributed by atoms with Crippen molar-refractivity contribution < 1.29 is 4.74 Å². The molecule has 144 valence electrons. The van der Waals surface area contributed by atoms with E-state index in [1.807, 2.05) is 34.8 Å². The van der Waals surface area contributed by atoms with Crippen molar-refractivity contribution >= 4 is 33.0 Å². The van der Waals surface area contributed by atoms with E-state index >= 15 is 0 Å². The smallest absolute Gasteiger partial charge is 0.158 e. The van der Waals surface area contributed by atoms with Gasteiger partial charge in [-0.3, -0.25) is 0 Å². The van der Waals surface area contributed by atoms with Crippen molar-refractivity contribution in [3.8, 4) is 11.1 Å².